The first-order valence-corrected chi connectivity index (χ1v) is 9.46. The zero-order valence-electron chi connectivity index (χ0n) is 14.7. The van der Waals surface area contributed by atoms with E-state index in [4.69, 9.17) is 0 Å². The average molecular weight is 368 g/mol. The van der Waals surface area contributed by atoms with Crippen LogP contribution in [-0.2, 0) is 0 Å². The molecule has 26 heavy (non-hydrogen) atoms. The summed E-state index contributed by atoms with van der Waals surface area (Å²) in [4.78, 5) is 29.9. The van der Waals surface area contributed by atoms with E-state index in [1.807, 2.05) is 32.0 Å². The highest BCUT2D eigenvalue weighted by atomic mass is 32.2. The van der Waals surface area contributed by atoms with Crippen molar-refractivity contribution in [3.63, 3.8) is 0 Å². The molecule has 3 aromatic rings. The van der Waals surface area contributed by atoms with Gasteiger partial charge in [-0.15, -0.1) is 0 Å². The molecule has 3 rings (SSSR count). The highest BCUT2D eigenvalue weighted by Gasteiger charge is 2.17. The van der Waals surface area contributed by atoms with E-state index in [0.29, 0.717) is 21.6 Å². The van der Waals surface area contributed by atoms with Gasteiger partial charge >= 0.3 is 0 Å². The smallest absolute Gasteiger partial charge is 0.262 e. The number of phenols is 1. The maximum Gasteiger partial charge on any atom is 0.262 e. The van der Waals surface area contributed by atoms with Gasteiger partial charge in [0, 0.05) is 11.6 Å². The van der Waals surface area contributed by atoms with Crippen LogP contribution in [0.2, 0.25) is 0 Å². The lowest BCUT2D eigenvalue weighted by atomic mass is 10.1. The van der Waals surface area contributed by atoms with Gasteiger partial charge in [-0.25, -0.2) is 4.98 Å². The predicted octanol–water partition coefficient (Wildman–Crippen LogP) is 4.05. The van der Waals surface area contributed by atoms with Crippen LogP contribution in [0.3, 0.4) is 0 Å². The summed E-state index contributed by atoms with van der Waals surface area (Å²) < 4.78 is 1.68. The lowest BCUT2D eigenvalue weighted by Gasteiger charge is -2.18. The molecule has 1 N–H and O–H groups in total. The summed E-state index contributed by atoms with van der Waals surface area (Å²) in [5, 5.41) is 10.5. The van der Waals surface area contributed by atoms with Crippen molar-refractivity contribution in [2.24, 2.45) is 0 Å². The Morgan fingerprint density at radius 2 is 1.88 bits per heavy atom. The van der Waals surface area contributed by atoms with Crippen LogP contribution >= 0.6 is 11.8 Å². The number of aromatic nitrogens is 2. The van der Waals surface area contributed by atoms with Gasteiger partial charge in [-0.05, 0) is 49.7 Å². The molecule has 0 radical (unpaired) electrons. The number of Topliss-reactive ketones (excluding diaryl/α,β-unsaturated/α-hetero) is 1. The Morgan fingerprint density at radius 3 is 2.58 bits per heavy atom. The van der Waals surface area contributed by atoms with Crippen molar-refractivity contribution in [3.8, 4) is 5.75 Å². The summed E-state index contributed by atoms with van der Waals surface area (Å²) in [6.45, 7) is 3.99. The topological polar surface area (TPSA) is 72.2 Å². The molecule has 5 nitrogen and oxygen atoms in total. The number of para-hydroxylation sites is 1. The van der Waals surface area contributed by atoms with E-state index in [0.717, 1.165) is 6.42 Å². The molecule has 1 heterocycles. The van der Waals surface area contributed by atoms with Crippen LogP contribution in [0.1, 0.15) is 36.7 Å². The maximum atomic E-state index is 12.9. The van der Waals surface area contributed by atoms with Crippen molar-refractivity contribution in [1.29, 1.82) is 0 Å². The number of phenolic OH excluding ortho intramolecular Hbond substituents is 1. The zero-order valence-corrected chi connectivity index (χ0v) is 15.5. The van der Waals surface area contributed by atoms with Crippen LogP contribution in [0.25, 0.3) is 10.9 Å². The molecule has 0 unspecified atom stereocenters. The lowest BCUT2D eigenvalue weighted by molar-refractivity contribution is 0.102. The molecule has 134 valence electrons. The number of thioether (sulfide) groups is 1. The fourth-order valence-corrected chi connectivity index (χ4v) is 3.65. The second-order valence-corrected chi connectivity index (χ2v) is 7.05. The Morgan fingerprint density at radius 1 is 1.19 bits per heavy atom. The van der Waals surface area contributed by atoms with Crippen molar-refractivity contribution in [3.05, 3.63) is 64.4 Å². The minimum absolute atomic E-state index is 0.00844. The largest absolute Gasteiger partial charge is 0.508 e. The Hall–Kier alpha value is -2.60. The fraction of sp³-hybridized carbons (Fsp3) is 0.250. The van der Waals surface area contributed by atoms with Gasteiger partial charge < -0.3 is 5.11 Å². The number of rotatable bonds is 6. The van der Waals surface area contributed by atoms with Gasteiger partial charge in [-0.2, -0.15) is 0 Å². The van der Waals surface area contributed by atoms with Gasteiger partial charge in [0.2, 0.25) is 0 Å². The molecule has 0 aliphatic rings. The van der Waals surface area contributed by atoms with Crippen LogP contribution in [0.5, 0.6) is 5.75 Å². The van der Waals surface area contributed by atoms with Crippen LogP contribution in [0.15, 0.2) is 58.5 Å². The molecule has 0 amide bonds. The quantitative estimate of drug-likeness (QED) is 0.404. The number of hydrogen-bond acceptors (Lipinski definition) is 5. The molecule has 1 atom stereocenters. The number of ketones is 1. The van der Waals surface area contributed by atoms with Crippen molar-refractivity contribution in [2.75, 3.05) is 5.75 Å². The molecule has 0 aliphatic heterocycles. The highest BCUT2D eigenvalue weighted by Crippen LogP contribution is 2.23. The minimum Gasteiger partial charge on any atom is -0.508 e. The van der Waals surface area contributed by atoms with Crippen molar-refractivity contribution < 1.29 is 9.90 Å². The lowest BCUT2D eigenvalue weighted by Crippen LogP contribution is -2.26. The third-order valence-electron chi connectivity index (χ3n) is 4.33. The summed E-state index contributed by atoms with van der Waals surface area (Å²) in [7, 11) is 0. The van der Waals surface area contributed by atoms with E-state index in [9.17, 15) is 14.7 Å². The molecule has 0 fully saturated rings. The van der Waals surface area contributed by atoms with Crippen molar-refractivity contribution in [1.82, 2.24) is 9.55 Å². The van der Waals surface area contributed by atoms with Gasteiger partial charge in [-0.1, -0.05) is 30.8 Å². The van der Waals surface area contributed by atoms with E-state index >= 15 is 0 Å². The average Bonchev–Trinajstić information content (AvgIpc) is 2.66. The molecule has 0 bridgehead atoms. The highest BCUT2D eigenvalue weighted by molar-refractivity contribution is 7.99. The standard InChI is InChI=1S/C20H20N2O3S/c1-3-13(2)22-19(25)16-6-4-5-7-17(16)21-20(22)26-12-18(24)14-8-10-15(23)11-9-14/h4-11,13,23H,3,12H2,1-2H3/t13-/m0/s1. The number of fused-ring (bicyclic) bond motifs is 1. The monoisotopic (exact) mass is 368 g/mol. The number of aromatic hydroxyl groups is 1. The van der Waals surface area contributed by atoms with Crippen molar-refractivity contribution in [2.45, 2.75) is 31.5 Å². The van der Waals surface area contributed by atoms with E-state index in [-0.39, 0.29) is 28.9 Å². The normalized spacial score (nSPS) is 12.2. The van der Waals surface area contributed by atoms with Gasteiger partial charge in [0.25, 0.3) is 5.56 Å². The van der Waals surface area contributed by atoms with E-state index in [1.54, 1.807) is 22.8 Å². The molecule has 6 heteroatoms. The predicted molar refractivity (Wildman–Crippen MR) is 104 cm³/mol. The SMILES string of the molecule is CC[C@H](C)n1c(SCC(=O)c2ccc(O)cc2)nc2ccccc2c1=O. The molecule has 0 saturated heterocycles. The third kappa shape index (κ3) is 3.65. The summed E-state index contributed by atoms with van der Waals surface area (Å²) in [5.41, 5.74) is 1.08. The molecular weight excluding hydrogens is 348 g/mol. The summed E-state index contributed by atoms with van der Waals surface area (Å²) in [6, 6.07) is 13.4. The zero-order chi connectivity index (χ0) is 18.7. The van der Waals surface area contributed by atoms with Crippen LogP contribution in [0, 0.1) is 0 Å². The number of benzene rings is 2. The fourth-order valence-electron chi connectivity index (χ4n) is 2.66. The first-order valence-electron chi connectivity index (χ1n) is 8.47. The Labute approximate surface area is 155 Å². The Balaban J connectivity index is 1.94. The minimum atomic E-state index is -0.0791. The number of carbonyl (C=O) groups excluding carboxylic acids is 1. The van der Waals surface area contributed by atoms with Crippen LogP contribution in [-0.4, -0.2) is 26.2 Å². The first kappa shape index (κ1) is 18.2. The third-order valence-corrected chi connectivity index (χ3v) is 5.28. The van der Waals surface area contributed by atoms with Gasteiger partial charge in [0.05, 0.1) is 16.7 Å². The summed E-state index contributed by atoms with van der Waals surface area (Å²) in [5.74, 6) is 0.218. The van der Waals surface area contributed by atoms with E-state index < -0.39 is 0 Å². The number of hydrogen-bond donors (Lipinski definition) is 1. The maximum absolute atomic E-state index is 12.9. The van der Waals surface area contributed by atoms with Gasteiger partial charge in [-0.3, -0.25) is 14.2 Å². The number of carbonyl (C=O) groups is 1. The van der Waals surface area contributed by atoms with Crippen LogP contribution in [0.4, 0.5) is 0 Å². The van der Waals surface area contributed by atoms with Crippen molar-refractivity contribution >= 4 is 28.4 Å². The number of nitrogens with zero attached hydrogens (tertiary/aromatic N) is 2. The second kappa shape index (κ2) is 7.74. The summed E-state index contributed by atoms with van der Waals surface area (Å²) in [6.07, 6.45) is 0.791. The van der Waals surface area contributed by atoms with Gasteiger partial charge in [0.15, 0.2) is 10.9 Å². The molecule has 1 aromatic heterocycles. The van der Waals surface area contributed by atoms with Gasteiger partial charge in [0.1, 0.15) is 5.75 Å². The molecule has 2 aromatic carbocycles. The van der Waals surface area contributed by atoms with E-state index in [2.05, 4.69) is 4.98 Å². The first-order chi connectivity index (χ1) is 12.5. The van der Waals surface area contributed by atoms with E-state index in [1.165, 1.54) is 23.9 Å². The Bertz CT molecular complexity index is 996. The van der Waals surface area contributed by atoms with Crippen LogP contribution < -0.4 is 5.56 Å². The Kier molecular flexibility index (Phi) is 5.42. The summed E-state index contributed by atoms with van der Waals surface area (Å²) >= 11 is 1.27. The molecular formula is C20H20N2O3S. The molecule has 0 saturated carbocycles. The second-order valence-electron chi connectivity index (χ2n) is 6.10. The molecule has 0 aliphatic carbocycles. The molecule has 0 spiro atoms.